The molecule has 1 N–H and O–H groups in total. The maximum Gasteiger partial charge on any atom is 0.103 e. The largest absolute Gasteiger partial charge is 0.545 e. The van der Waals surface area contributed by atoms with Crippen molar-refractivity contribution in [3.8, 4) is 0 Å². The Morgan fingerprint density at radius 1 is 1.39 bits per heavy atom. The number of hydrogen-bond donors (Lipinski definition) is 1. The van der Waals surface area contributed by atoms with Gasteiger partial charge in [0.15, 0.2) is 0 Å². The molecule has 1 aliphatic rings. The van der Waals surface area contributed by atoms with Gasteiger partial charge in [-0.2, -0.15) is 0 Å². The first-order valence-corrected chi connectivity index (χ1v) is 6.47. The van der Waals surface area contributed by atoms with E-state index in [9.17, 15) is 9.90 Å². The number of likely N-dealkylation sites (N-methyl/N-ethyl adjacent to an activating group) is 1. The second kappa shape index (κ2) is 5.98. The van der Waals surface area contributed by atoms with Crippen LogP contribution in [0.5, 0.6) is 0 Å². The van der Waals surface area contributed by atoms with Crippen molar-refractivity contribution in [1.82, 2.24) is 4.90 Å². The highest BCUT2D eigenvalue weighted by Crippen LogP contribution is 2.03. The van der Waals surface area contributed by atoms with Gasteiger partial charge in [-0.25, -0.2) is 0 Å². The molecule has 1 aromatic carbocycles. The van der Waals surface area contributed by atoms with E-state index in [1.165, 1.54) is 11.3 Å². The zero-order valence-corrected chi connectivity index (χ0v) is 10.8. The number of quaternary nitrogens is 1. The molecule has 4 heteroatoms. The molecule has 1 saturated heterocycles. The lowest BCUT2D eigenvalue weighted by atomic mass is 10.1. The average molecular weight is 248 g/mol. The SMILES string of the molecule is CN1CCC[NH+](Cc2cccc(C(=O)[O-])c2)CC1. The number of carbonyl (C=O) groups excluding carboxylic acids is 1. The Hall–Kier alpha value is -1.39. The number of aromatic carboxylic acids is 1. The Kier molecular flexibility index (Phi) is 4.33. The van der Waals surface area contributed by atoms with Crippen molar-refractivity contribution in [2.45, 2.75) is 13.0 Å². The molecule has 0 radical (unpaired) electrons. The summed E-state index contributed by atoms with van der Waals surface area (Å²) >= 11 is 0. The third-order valence-corrected chi connectivity index (χ3v) is 3.53. The predicted octanol–water partition coefficient (Wildman–Crippen LogP) is -1.23. The number of carboxylic acids is 1. The van der Waals surface area contributed by atoms with Gasteiger partial charge in [0.2, 0.25) is 0 Å². The zero-order chi connectivity index (χ0) is 13.0. The summed E-state index contributed by atoms with van der Waals surface area (Å²) < 4.78 is 0. The lowest BCUT2D eigenvalue weighted by Crippen LogP contribution is -3.11. The molecule has 0 aromatic heterocycles. The standard InChI is InChI=1S/C14H20N2O2/c1-15-6-3-7-16(9-8-15)11-12-4-2-5-13(10-12)14(17)18/h2,4-5,10H,3,6-9,11H2,1H3,(H,17,18). The minimum atomic E-state index is -1.09. The minimum absolute atomic E-state index is 0.277. The fourth-order valence-corrected chi connectivity index (χ4v) is 2.46. The first kappa shape index (κ1) is 13.1. The number of nitrogens with one attached hydrogen (secondary N) is 1. The molecule has 1 aromatic rings. The number of benzene rings is 1. The Morgan fingerprint density at radius 3 is 3.00 bits per heavy atom. The van der Waals surface area contributed by atoms with Crippen molar-refractivity contribution < 1.29 is 14.8 Å². The third kappa shape index (κ3) is 3.55. The van der Waals surface area contributed by atoms with Gasteiger partial charge >= 0.3 is 0 Å². The lowest BCUT2D eigenvalue weighted by Gasteiger charge is -2.18. The van der Waals surface area contributed by atoms with Crippen LogP contribution in [0.15, 0.2) is 24.3 Å². The van der Waals surface area contributed by atoms with Gasteiger partial charge in [0, 0.05) is 25.1 Å². The van der Waals surface area contributed by atoms with Gasteiger partial charge in [0.05, 0.1) is 19.1 Å². The van der Waals surface area contributed by atoms with E-state index in [2.05, 4.69) is 11.9 Å². The van der Waals surface area contributed by atoms with Gasteiger partial charge in [-0.15, -0.1) is 0 Å². The van der Waals surface area contributed by atoms with Crippen LogP contribution < -0.4 is 10.0 Å². The fourth-order valence-electron chi connectivity index (χ4n) is 2.46. The van der Waals surface area contributed by atoms with E-state index in [1.807, 2.05) is 6.07 Å². The van der Waals surface area contributed by atoms with E-state index in [0.717, 1.165) is 38.3 Å². The molecule has 98 valence electrons. The van der Waals surface area contributed by atoms with E-state index in [0.29, 0.717) is 0 Å². The molecule has 1 unspecified atom stereocenters. The molecule has 4 nitrogen and oxygen atoms in total. The Bertz CT molecular complexity index is 420. The first-order chi connectivity index (χ1) is 8.65. The minimum Gasteiger partial charge on any atom is -0.545 e. The second-order valence-corrected chi connectivity index (χ2v) is 5.07. The molecule has 18 heavy (non-hydrogen) atoms. The van der Waals surface area contributed by atoms with Crippen molar-refractivity contribution in [2.24, 2.45) is 0 Å². The molecule has 1 atom stereocenters. The van der Waals surface area contributed by atoms with E-state index < -0.39 is 5.97 Å². The van der Waals surface area contributed by atoms with Crippen molar-refractivity contribution >= 4 is 5.97 Å². The van der Waals surface area contributed by atoms with Gasteiger partial charge in [-0.05, 0) is 18.7 Å². The molecular formula is C14H20N2O2. The highest BCUT2D eigenvalue weighted by Gasteiger charge is 2.15. The monoisotopic (exact) mass is 248 g/mol. The molecule has 1 aliphatic heterocycles. The van der Waals surface area contributed by atoms with Crippen molar-refractivity contribution in [3.05, 3.63) is 35.4 Å². The highest BCUT2D eigenvalue weighted by atomic mass is 16.4. The quantitative estimate of drug-likeness (QED) is 0.729. The summed E-state index contributed by atoms with van der Waals surface area (Å²) in [5.41, 5.74) is 1.36. The second-order valence-electron chi connectivity index (χ2n) is 5.07. The molecule has 0 aliphatic carbocycles. The molecule has 2 rings (SSSR count). The third-order valence-electron chi connectivity index (χ3n) is 3.53. The highest BCUT2D eigenvalue weighted by molar-refractivity contribution is 5.85. The Labute approximate surface area is 108 Å². The summed E-state index contributed by atoms with van der Waals surface area (Å²) in [6, 6.07) is 7.11. The van der Waals surface area contributed by atoms with Gasteiger partial charge in [0.25, 0.3) is 0 Å². The van der Waals surface area contributed by atoms with Crippen LogP contribution in [0, 0.1) is 0 Å². The summed E-state index contributed by atoms with van der Waals surface area (Å²) in [5.74, 6) is -1.09. The van der Waals surface area contributed by atoms with E-state index >= 15 is 0 Å². The van der Waals surface area contributed by atoms with Crippen LogP contribution >= 0.6 is 0 Å². The van der Waals surface area contributed by atoms with Crippen LogP contribution in [0.4, 0.5) is 0 Å². The van der Waals surface area contributed by atoms with Crippen LogP contribution in [-0.2, 0) is 6.54 Å². The zero-order valence-electron chi connectivity index (χ0n) is 10.8. The van der Waals surface area contributed by atoms with Crippen LogP contribution in [0.1, 0.15) is 22.3 Å². The molecule has 0 bridgehead atoms. The topological polar surface area (TPSA) is 47.8 Å². The summed E-state index contributed by atoms with van der Waals surface area (Å²) in [6.07, 6.45) is 1.20. The van der Waals surface area contributed by atoms with Crippen LogP contribution in [-0.4, -0.2) is 44.1 Å². The molecule has 1 heterocycles. The average Bonchev–Trinajstić information content (AvgIpc) is 2.55. The summed E-state index contributed by atoms with van der Waals surface area (Å²) in [5, 5.41) is 10.8. The van der Waals surface area contributed by atoms with Crippen molar-refractivity contribution in [1.29, 1.82) is 0 Å². The molecule has 0 amide bonds. The Balaban J connectivity index is 2.00. The summed E-state index contributed by atoms with van der Waals surface area (Å²) in [6.45, 7) is 5.43. The molecule has 0 saturated carbocycles. The van der Waals surface area contributed by atoms with Gasteiger partial charge < -0.3 is 19.7 Å². The fraction of sp³-hybridized carbons (Fsp3) is 0.500. The summed E-state index contributed by atoms with van der Waals surface area (Å²) in [4.78, 5) is 14.7. The van der Waals surface area contributed by atoms with Crippen LogP contribution in [0.25, 0.3) is 0 Å². The molecule has 0 spiro atoms. The van der Waals surface area contributed by atoms with Crippen LogP contribution in [0.2, 0.25) is 0 Å². The summed E-state index contributed by atoms with van der Waals surface area (Å²) in [7, 11) is 2.15. The Morgan fingerprint density at radius 2 is 2.22 bits per heavy atom. The number of carbonyl (C=O) groups is 1. The van der Waals surface area contributed by atoms with Gasteiger partial charge in [0.1, 0.15) is 6.54 Å². The normalized spacial score (nSPS) is 21.5. The van der Waals surface area contributed by atoms with Gasteiger partial charge in [-0.3, -0.25) is 0 Å². The van der Waals surface area contributed by atoms with Crippen molar-refractivity contribution in [3.63, 3.8) is 0 Å². The number of rotatable bonds is 3. The van der Waals surface area contributed by atoms with Gasteiger partial charge in [-0.1, -0.05) is 18.2 Å². The maximum atomic E-state index is 10.8. The molecule has 1 fully saturated rings. The van der Waals surface area contributed by atoms with E-state index in [1.54, 1.807) is 18.2 Å². The molecular weight excluding hydrogens is 228 g/mol. The van der Waals surface area contributed by atoms with Crippen molar-refractivity contribution in [2.75, 3.05) is 33.2 Å². The van der Waals surface area contributed by atoms with E-state index in [4.69, 9.17) is 0 Å². The number of nitrogens with zero attached hydrogens (tertiary/aromatic N) is 1. The smallest absolute Gasteiger partial charge is 0.103 e. The number of hydrogen-bond acceptors (Lipinski definition) is 3. The first-order valence-electron chi connectivity index (χ1n) is 6.47. The predicted molar refractivity (Wildman–Crippen MR) is 67.3 cm³/mol. The maximum absolute atomic E-state index is 10.8. The number of carboxylic acid groups (broad SMARTS) is 1. The van der Waals surface area contributed by atoms with Crippen LogP contribution in [0.3, 0.4) is 0 Å². The van der Waals surface area contributed by atoms with E-state index in [-0.39, 0.29) is 5.56 Å². The lowest BCUT2D eigenvalue weighted by molar-refractivity contribution is -0.911.